The van der Waals surface area contributed by atoms with E-state index in [2.05, 4.69) is 40.0 Å². The van der Waals surface area contributed by atoms with Crippen LogP contribution in [0.5, 0.6) is 11.5 Å². The first-order valence-electron chi connectivity index (χ1n) is 6.40. The summed E-state index contributed by atoms with van der Waals surface area (Å²) in [5.74, 6) is 0.464. The van der Waals surface area contributed by atoms with Gasteiger partial charge in [-0.15, -0.1) is 0 Å². The fourth-order valence-corrected chi connectivity index (χ4v) is 3.34. The molecular formula is C14H13BrN2O4. The molecule has 0 atom stereocenters. The average molecular weight is 353 g/mol. The van der Waals surface area contributed by atoms with Gasteiger partial charge in [0.05, 0.1) is 10.2 Å². The number of aromatic carboxylic acids is 1. The molecule has 6 nitrogen and oxygen atoms in total. The molecule has 0 unspecified atom stereocenters. The van der Waals surface area contributed by atoms with Crippen molar-refractivity contribution in [2.45, 2.75) is 19.8 Å². The van der Waals surface area contributed by atoms with Crippen molar-refractivity contribution in [3.05, 3.63) is 27.9 Å². The van der Waals surface area contributed by atoms with Crippen molar-refractivity contribution in [2.24, 2.45) is 0 Å². The minimum absolute atomic E-state index is 0.0495. The fourth-order valence-electron chi connectivity index (χ4n) is 2.36. The second-order valence-corrected chi connectivity index (χ2v) is 5.81. The van der Waals surface area contributed by atoms with Gasteiger partial charge in [0.1, 0.15) is 5.69 Å². The Labute approximate surface area is 129 Å². The molecule has 1 aromatic carbocycles. The number of carboxylic acids is 1. The molecule has 1 aliphatic rings. The molecule has 0 bridgehead atoms. The Morgan fingerprint density at radius 3 is 2.81 bits per heavy atom. The maximum atomic E-state index is 11.0. The molecule has 110 valence electrons. The topological polar surface area (TPSA) is 84.4 Å². The number of rotatable bonds is 3. The van der Waals surface area contributed by atoms with Crippen molar-refractivity contribution in [1.82, 2.24) is 10.2 Å². The van der Waals surface area contributed by atoms with Gasteiger partial charge in [0.2, 0.25) is 6.79 Å². The van der Waals surface area contributed by atoms with E-state index in [0.29, 0.717) is 17.2 Å². The highest BCUT2D eigenvalue weighted by atomic mass is 79.9. The van der Waals surface area contributed by atoms with E-state index in [1.165, 1.54) is 6.07 Å². The van der Waals surface area contributed by atoms with Crippen LogP contribution in [0.15, 0.2) is 16.6 Å². The van der Waals surface area contributed by atoms with Crippen molar-refractivity contribution in [1.29, 1.82) is 0 Å². The van der Waals surface area contributed by atoms with Crippen molar-refractivity contribution in [3.63, 3.8) is 0 Å². The Bertz CT molecular complexity index is 724. The lowest BCUT2D eigenvalue weighted by Gasteiger charge is -2.15. The zero-order valence-electron chi connectivity index (χ0n) is 11.4. The molecular weight excluding hydrogens is 340 g/mol. The second-order valence-electron chi connectivity index (χ2n) is 5.01. The van der Waals surface area contributed by atoms with Gasteiger partial charge in [-0.05, 0) is 39.5 Å². The number of hydrogen-bond donors (Lipinski definition) is 2. The first-order valence-corrected chi connectivity index (χ1v) is 7.19. The third-order valence-corrected chi connectivity index (χ3v) is 4.09. The predicted octanol–water partition coefficient (Wildman–Crippen LogP) is 3.39. The van der Waals surface area contributed by atoms with Crippen molar-refractivity contribution >= 4 is 21.9 Å². The Kier molecular flexibility index (Phi) is 3.36. The first-order chi connectivity index (χ1) is 9.99. The third-order valence-electron chi connectivity index (χ3n) is 3.30. The molecule has 1 aromatic heterocycles. The van der Waals surface area contributed by atoms with Crippen LogP contribution in [-0.4, -0.2) is 28.1 Å². The highest BCUT2D eigenvalue weighted by Crippen LogP contribution is 2.47. The van der Waals surface area contributed by atoms with Crippen LogP contribution in [0, 0.1) is 0 Å². The van der Waals surface area contributed by atoms with Gasteiger partial charge in [0.15, 0.2) is 11.5 Å². The average Bonchev–Trinajstić information content (AvgIpc) is 3.06. The summed E-state index contributed by atoms with van der Waals surface area (Å²) in [7, 11) is 0. The largest absolute Gasteiger partial charge is 0.477 e. The van der Waals surface area contributed by atoms with Gasteiger partial charge in [-0.2, -0.15) is 5.10 Å². The molecule has 2 heterocycles. The molecule has 0 saturated heterocycles. The monoisotopic (exact) mass is 352 g/mol. The molecule has 3 rings (SSSR count). The molecule has 0 amide bonds. The first kappa shape index (κ1) is 13.9. The van der Waals surface area contributed by atoms with Gasteiger partial charge in [-0.1, -0.05) is 13.8 Å². The van der Waals surface area contributed by atoms with Crippen LogP contribution < -0.4 is 9.47 Å². The van der Waals surface area contributed by atoms with Gasteiger partial charge in [-0.3, -0.25) is 5.10 Å². The summed E-state index contributed by atoms with van der Waals surface area (Å²) in [4.78, 5) is 11.0. The van der Waals surface area contributed by atoms with Crippen LogP contribution in [-0.2, 0) is 0 Å². The molecule has 0 fully saturated rings. The zero-order chi connectivity index (χ0) is 15.1. The number of carboxylic acid groups (broad SMARTS) is 1. The molecule has 0 saturated carbocycles. The van der Waals surface area contributed by atoms with Crippen LogP contribution in [0.1, 0.15) is 35.8 Å². The van der Waals surface area contributed by atoms with E-state index in [-0.39, 0.29) is 18.4 Å². The normalized spacial score (nSPS) is 13.0. The van der Waals surface area contributed by atoms with E-state index in [4.69, 9.17) is 14.6 Å². The highest BCUT2D eigenvalue weighted by Gasteiger charge is 2.26. The van der Waals surface area contributed by atoms with Crippen LogP contribution in [0.3, 0.4) is 0 Å². The SMILES string of the molecule is CC(C)c1c(-c2cc(C(=O)O)[nH]n2)cc2c(c1Br)OCO2. The number of H-pyrrole nitrogens is 1. The molecule has 0 aliphatic carbocycles. The van der Waals surface area contributed by atoms with E-state index < -0.39 is 5.97 Å². The minimum atomic E-state index is -1.04. The Hall–Kier alpha value is -2.02. The van der Waals surface area contributed by atoms with Gasteiger partial charge in [0.25, 0.3) is 0 Å². The number of nitrogens with one attached hydrogen (secondary N) is 1. The quantitative estimate of drug-likeness (QED) is 0.884. The van der Waals surface area contributed by atoms with Crippen molar-refractivity contribution < 1.29 is 19.4 Å². The number of fused-ring (bicyclic) bond motifs is 1. The summed E-state index contributed by atoms with van der Waals surface area (Å²) in [5.41, 5.74) is 2.44. The molecule has 2 N–H and O–H groups in total. The lowest BCUT2D eigenvalue weighted by atomic mass is 9.94. The number of carbonyl (C=O) groups is 1. The summed E-state index contributed by atoms with van der Waals surface area (Å²) >= 11 is 3.56. The van der Waals surface area contributed by atoms with E-state index in [9.17, 15) is 4.79 Å². The van der Waals surface area contributed by atoms with Gasteiger partial charge >= 0.3 is 5.97 Å². The van der Waals surface area contributed by atoms with Crippen LogP contribution in [0.25, 0.3) is 11.3 Å². The lowest BCUT2D eigenvalue weighted by Crippen LogP contribution is -1.96. The van der Waals surface area contributed by atoms with Crippen molar-refractivity contribution in [2.75, 3.05) is 6.79 Å². The summed E-state index contributed by atoms with van der Waals surface area (Å²) in [5, 5.41) is 15.6. The Morgan fingerprint density at radius 1 is 1.43 bits per heavy atom. The number of halogens is 1. The van der Waals surface area contributed by atoms with E-state index in [1.54, 1.807) is 0 Å². The van der Waals surface area contributed by atoms with E-state index in [0.717, 1.165) is 15.6 Å². The summed E-state index contributed by atoms with van der Waals surface area (Å²) in [6.45, 7) is 4.28. The second kappa shape index (κ2) is 5.07. The number of benzene rings is 1. The number of nitrogens with zero attached hydrogens (tertiary/aromatic N) is 1. The summed E-state index contributed by atoms with van der Waals surface area (Å²) in [6, 6.07) is 3.35. The highest BCUT2D eigenvalue weighted by molar-refractivity contribution is 9.10. The summed E-state index contributed by atoms with van der Waals surface area (Å²) < 4.78 is 11.7. The summed E-state index contributed by atoms with van der Waals surface area (Å²) in [6.07, 6.45) is 0. The molecule has 0 spiro atoms. The minimum Gasteiger partial charge on any atom is -0.477 e. The third kappa shape index (κ3) is 2.27. The maximum absolute atomic E-state index is 11.0. The number of hydrogen-bond acceptors (Lipinski definition) is 4. The maximum Gasteiger partial charge on any atom is 0.353 e. The van der Waals surface area contributed by atoms with E-state index in [1.807, 2.05) is 6.07 Å². The lowest BCUT2D eigenvalue weighted by molar-refractivity contribution is 0.0690. The van der Waals surface area contributed by atoms with Crippen molar-refractivity contribution in [3.8, 4) is 22.8 Å². The van der Waals surface area contributed by atoms with E-state index >= 15 is 0 Å². The Balaban J connectivity index is 2.21. The van der Waals surface area contributed by atoms with Gasteiger partial charge in [0, 0.05) is 5.56 Å². The fraction of sp³-hybridized carbons (Fsp3) is 0.286. The van der Waals surface area contributed by atoms with Crippen LogP contribution in [0.4, 0.5) is 0 Å². The number of ether oxygens (including phenoxy) is 2. The predicted molar refractivity (Wildman–Crippen MR) is 78.9 cm³/mol. The molecule has 21 heavy (non-hydrogen) atoms. The number of aromatic nitrogens is 2. The molecule has 1 aliphatic heterocycles. The van der Waals surface area contributed by atoms with Gasteiger partial charge in [-0.25, -0.2) is 4.79 Å². The zero-order valence-corrected chi connectivity index (χ0v) is 13.0. The van der Waals surface area contributed by atoms with Gasteiger partial charge < -0.3 is 14.6 Å². The van der Waals surface area contributed by atoms with Crippen LogP contribution >= 0.6 is 15.9 Å². The standard InChI is InChI=1S/C14H13BrN2O4/c1-6(2)11-7(8-4-9(14(18)19)17-16-8)3-10-13(12(11)15)21-5-20-10/h3-4,6H,5H2,1-2H3,(H,16,17)(H,18,19). The van der Waals surface area contributed by atoms with Crippen LogP contribution in [0.2, 0.25) is 0 Å². The smallest absolute Gasteiger partial charge is 0.353 e. The molecule has 7 heteroatoms. The molecule has 0 radical (unpaired) electrons. The number of aromatic amines is 1. The Morgan fingerprint density at radius 2 is 2.19 bits per heavy atom. The molecule has 2 aromatic rings.